The van der Waals surface area contributed by atoms with Crippen LogP contribution >= 0.6 is 0 Å². The Labute approximate surface area is 121 Å². The summed E-state index contributed by atoms with van der Waals surface area (Å²) in [5.41, 5.74) is 7.31. The van der Waals surface area contributed by atoms with Crippen molar-refractivity contribution in [2.24, 2.45) is 5.73 Å². The van der Waals surface area contributed by atoms with Gasteiger partial charge in [0.15, 0.2) is 0 Å². The molecular formula is C14H23N3O2S. The van der Waals surface area contributed by atoms with E-state index in [1.54, 1.807) is 10.4 Å². The van der Waals surface area contributed by atoms with Gasteiger partial charge < -0.3 is 5.73 Å². The van der Waals surface area contributed by atoms with E-state index in [4.69, 9.17) is 5.73 Å². The first-order valence-electron chi connectivity index (χ1n) is 6.95. The summed E-state index contributed by atoms with van der Waals surface area (Å²) in [4.78, 5) is 2.64. The van der Waals surface area contributed by atoms with Crippen molar-refractivity contribution in [1.29, 1.82) is 0 Å². The average Bonchev–Trinajstić information content (AvgIpc) is 2.42. The number of rotatable bonds is 4. The van der Waals surface area contributed by atoms with Crippen molar-refractivity contribution in [2.75, 3.05) is 39.3 Å². The number of benzene rings is 1. The zero-order valence-corrected chi connectivity index (χ0v) is 13.0. The molecule has 1 heterocycles. The minimum atomic E-state index is -3.38. The molecule has 112 valence electrons. The molecule has 1 aliphatic heterocycles. The van der Waals surface area contributed by atoms with Gasteiger partial charge >= 0.3 is 0 Å². The van der Waals surface area contributed by atoms with Gasteiger partial charge in [0.1, 0.15) is 0 Å². The third-order valence-electron chi connectivity index (χ3n) is 3.74. The Kier molecular flexibility index (Phi) is 4.80. The smallest absolute Gasteiger partial charge is 0.243 e. The van der Waals surface area contributed by atoms with E-state index in [9.17, 15) is 8.42 Å². The van der Waals surface area contributed by atoms with Gasteiger partial charge in [-0.05, 0) is 31.0 Å². The van der Waals surface area contributed by atoms with Crippen LogP contribution in [0.2, 0.25) is 0 Å². The first-order valence-corrected chi connectivity index (χ1v) is 8.39. The van der Waals surface area contributed by atoms with Crippen LogP contribution < -0.4 is 5.73 Å². The summed E-state index contributed by atoms with van der Waals surface area (Å²) in [6.45, 7) is 7.78. The molecule has 6 heteroatoms. The molecular weight excluding hydrogens is 274 g/mol. The zero-order valence-electron chi connectivity index (χ0n) is 12.2. The highest BCUT2D eigenvalue weighted by Gasteiger charge is 2.29. The molecule has 1 aliphatic rings. The third kappa shape index (κ3) is 3.20. The molecule has 5 nitrogen and oxygen atoms in total. The molecule has 0 unspecified atom stereocenters. The van der Waals surface area contributed by atoms with Crippen LogP contribution in [0.4, 0.5) is 0 Å². The van der Waals surface area contributed by atoms with Crippen molar-refractivity contribution in [3.8, 4) is 0 Å². The van der Waals surface area contributed by atoms with Crippen LogP contribution in [0.5, 0.6) is 0 Å². The van der Waals surface area contributed by atoms with Crippen LogP contribution in [0, 0.1) is 13.8 Å². The molecule has 2 N–H and O–H groups in total. The second kappa shape index (κ2) is 6.22. The van der Waals surface area contributed by atoms with Crippen LogP contribution in [0.25, 0.3) is 0 Å². The largest absolute Gasteiger partial charge is 0.329 e. The van der Waals surface area contributed by atoms with Crippen molar-refractivity contribution in [1.82, 2.24) is 9.21 Å². The molecule has 0 spiro atoms. The number of hydrogen-bond acceptors (Lipinski definition) is 4. The van der Waals surface area contributed by atoms with Gasteiger partial charge in [-0.2, -0.15) is 4.31 Å². The highest BCUT2D eigenvalue weighted by atomic mass is 32.2. The normalized spacial score (nSPS) is 18.4. The van der Waals surface area contributed by atoms with Crippen molar-refractivity contribution in [3.63, 3.8) is 0 Å². The van der Waals surface area contributed by atoms with Gasteiger partial charge in [-0.15, -0.1) is 0 Å². The molecule has 0 bridgehead atoms. The fourth-order valence-corrected chi connectivity index (χ4v) is 4.23. The minimum Gasteiger partial charge on any atom is -0.329 e. The molecule has 0 aliphatic carbocycles. The SMILES string of the molecule is Cc1ccc(C)c(S(=O)(=O)N2CCN(CCN)CC2)c1. The van der Waals surface area contributed by atoms with Crippen LogP contribution in [0.15, 0.2) is 23.1 Å². The molecule has 1 aromatic rings. The summed E-state index contributed by atoms with van der Waals surface area (Å²) < 4.78 is 27.0. The van der Waals surface area contributed by atoms with E-state index in [0.717, 1.165) is 30.8 Å². The van der Waals surface area contributed by atoms with E-state index in [1.165, 1.54) is 0 Å². The van der Waals surface area contributed by atoms with Gasteiger partial charge in [0.05, 0.1) is 4.90 Å². The summed E-state index contributed by atoms with van der Waals surface area (Å²) in [7, 11) is -3.38. The Hall–Kier alpha value is -0.950. The fraction of sp³-hybridized carbons (Fsp3) is 0.571. The molecule has 1 aromatic carbocycles. The quantitative estimate of drug-likeness (QED) is 0.882. The lowest BCUT2D eigenvalue weighted by molar-refractivity contribution is 0.192. The molecule has 2 rings (SSSR count). The molecule has 1 fully saturated rings. The summed E-state index contributed by atoms with van der Waals surface area (Å²) in [6.07, 6.45) is 0. The Morgan fingerprint density at radius 3 is 2.40 bits per heavy atom. The predicted octanol–water partition coefficient (Wildman–Crippen LogP) is 0.568. The minimum absolute atomic E-state index is 0.435. The van der Waals surface area contributed by atoms with E-state index in [1.807, 2.05) is 26.0 Å². The van der Waals surface area contributed by atoms with Gasteiger partial charge in [-0.1, -0.05) is 12.1 Å². The number of piperazine rings is 1. The molecule has 0 amide bonds. The Morgan fingerprint density at radius 1 is 1.15 bits per heavy atom. The first kappa shape index (κ1) is 15.4. The monoisotopic (exact) mass is 297 g/mol. The number of hydrogen-bond donors (Lipinski definition) is 1. The topological polar surface area (TPSA) is 66.6 Å². The van der Waals surface area contributed by atoms with Gasteiger partial charge in [0.25, 0.3) is 0 Å². The Balaban J connectivity index is 2.18. The second-order valence-corrected chi connectivity index (χ2v) is 7.21. The highest BCUT2D eigenvalue weighted by Crippen LogP contribution is 2.22. The Bertz CT molecular complexity index is 564. The molecule has 1 saturated heterocycles. The number of sulfonamides is 1. The predicted molar refractivity (Wildman–Crippen MR) is 80.2 cm³/mol. The lowest BCUT2D eigenvalue weighted by Gasteiger charge is -2.34. The number of aryl methyl sites for hydroxylation is 2. The molecule has 0 atom stereocenters. The van der Waals surface area contributed by atoms with E-state index < -0.39 is 10.0 Å². The van der Waals surface area contributed by atoms with E-state index in [2.05, 4.69) is 4.90 Å². The van der Waals surface area contributed by atoms with E-state index >= 15 is 0 Å². The maximum Gasteiger partial charge on any atom is 0.243 e. The second-order valence-electron chi connectivity index (χ2n) is 5.30. The first-order chi connectivity index (χ1) is 9.45. The van der Waals surface area contributed by atoms with E-state index in [0.29, 0.717) is 24.5 Å². The maximum atomic E-state index is 12.7. The van der Waals surface area contributed by atoms with Crippen molar-refractivity contribution in [2.45, 2.75) is 18.7 Å². The zero-order chi connectivity index (χ0) is 14.8. The Morgan fingerprint density at radius 2 is 1.80 bits per heavy atom. The lowest BCUT2D eigenvalue weighted by Crippen LogP contribution is -2.49. The molecule has 20 heavy (non-hydrogen) atoms. The number of nitrogens with two attached hydrogens (primary N) is 1. The van der Waals surface area contributed by atoms with Gasteiger partial charge in [-0.25, -0.2) is 8.42 Å². The molecule has 0 aromatic heterocycles. The van der Waals surface area contributed by atoms with Gasteiger partial charge in [0, 0.05) is 39.3 Å². The summed E-state index contributed by atoms with van der Waals surface area (Å²) in [5.74, 6) is 0. The maximum absolute atomic E-state index is 12.7. The standard InChI is InChI=1S/C14H23N3O2S/c1-12-3-4-13(2)14(11-12)20(18,19)17-9-7-16(6-5-15)8-10-17/h3-4,11H,5-10,15H2,1-2H3. The van der Waals surface area contributed by atoms with Crippen LogP contribution in [0.1, 0.15) is 11.1 Å². The van der Waals surface area contributed by atoms with Gasteiger partial charge in [-0.3, -0.25) is 4.90 Å². The van der Waals surface area contributed by atoms with Crippen LogP contribution in [-0.4, -0.2) is 56.9 Å². The van der Waals surface area contributed by atoms with Crippen LogP contribution in [-0.2, 0) is 10.0 Å². The van der Waals surface area contributed by atoms with Gasteiger partial charge in [0.2, 0.25) is 10.0 Å². The van der Waals surface area contributed by atoms with Crippen molar-refractivity contribution >= 4 is 10.0 Å². The fourth-order valence-electron chi connectivity index (χ4n) is 2.50. The summed E-state index contributed by atoms with van der Waals surface area (Å²) in [5, 5.41) is 0. The third-order valence-corrected chi connectivity index (χ3v) is 5.78. The van der Waals surface area contributed by atoms with Crippen LogP contribution in [0.3, 0.4) is 0 Å². The molecule has 0 saturated carbocycles. The van der Waals surface area contributed by atoms with Crippen molar-refractivity contribution < 1.29 is 8.42 Å². The van der Waals surface area contributed by atoms with E-state index in [-0.39, 0.29) is 0 Å². The number of nitrogens with zero attached hydrogens (tertiary/aromatic N) is 2. The average molecular weight is 297 g/mol. The van der Waals surface area contributed by atoms with Crippen molar-refractivity contribution in [3.05, 3.63) is 29.3 Å². The highest BCUT2D eigenvalue weighted by molar-refractivity contribution is 7.89. The summed E-state index contributed by atoms with van der Waals surface area (Å²) >= 11 is 0. The summed E-state index contributed by atoms with van der Waals surface area (Å²) in [6, 6.07) is 5.57. The molecule has 0 radical (unpaired) electrons. The lowest BCUT2D eigenvalue weighted by atomic mass is 10.2.